The highest BCUT2D eigenvalue weighted by molar-refractivity contribution is 5.98. The molecule has 0 spiro atoms. The lowest BCUT2D eigenvalue weighted by Gasteiger charge is -2.01. The summed E-state index contributed by atoms with van der Waals surface area (Å²) in [6.07, 6.45) is 1.27. The topological polar surface area (TPSA) is 167 Å². The number of aromatic nitrogens is 2. The van der Waals surface area contributed by atoms with Gasteiger partial charge >= 0.3 is 0 Å². The minimum Gasteiger partial charge on any atom is -0.267 e. The van der Waals surface area contributed by atoms with Crippen LogP contribution in [0.5, 0.6) is 0 Å². The summed E-state index contributed by atoms with van der Waals surface area (Å²) in [6, 6.07) is 7.60. The molecule has 1 heterocycles. The van der Waals surface area contributed by atoms with Crippen LogP contribution in [0.2, 0.25) is 0 Å². The summed E-state index contributed by atoms with van der Waals surface area (Å²) in [4.78, 5) is 32.1. The Morgan fingerprint density at radius 1 is 1.12 bits per heavy atom. The number of nitro benzene ring substituents is 2. The Kier molecular flexibility index (Phi) is 4.30. The summed E-state index contributed by atoms with van der Waals surface area (Å²) in [5.41, 5.74) is 2.15. The molecule has 3 rings (SSSR count). The Morgan fingerprint density at radius 3 is 2.46 bits per heavy atom. The molecule has 1 amide bonds. The van der Waals surface area contributed by atoms with E-state index in [1.807, 2.05) is 0 Å². The van der Waals surface area contributed by atoms with Crippen molar-refractivity contribution in [3.8, 4) is 0 Å². The molecule has 2 aromatic carbocycles. The normalized spacial score (nSPS) is 10.9. The van der Waals surface area contributed by atoms with Crippen molar-refractivity contribution in [3.63, 3.8) is 0 Å². The van der Waals surface area contributed by atoms with Gasteiger partial charge in [-0.25, -0.2) is 10.1 Å². The standard InChI is InChI=1S/C14H8N6O6/c21-14(9-4-10(19(22)23)6-11(5-9)20(24)25)16-15-7-8-2-1-3-12-13(8)18-26-17-12/h1-7H,(H,16,21)/b15-7-. The van der Waals surface area contributed by atoms with Gasteiger partial charge in [-0.1, -0.05) is 12.1 Å². The number of nitrogens with one attached hydrogen (secondary N) is 1. The first-order valence-electron chi connectivity index (χ1n) is 6.94. The molecule has 130 valence electrons. The molecule has 0 aliphatic heterocycles. The SMILES string of the molecule is O=C(N/N=C\c1cccc2nonc12)c1cc([N+](=O)[O-])cc([N+](=O)[O-])c1. The van der Waals surface area contributed by atoms with E-state index in [1.54, 1.807) is 18.2 Å². The van der Waals surface area contributed by atoms with Crippen molar-refractivity contribution < 1.29 is 19.3 Å². The van der Waals surface area contributed by atoms with Crippen LogP contribution in [-0.2, 0) is 0 Å². The second-order valence-electron chi connectivity index (χ2n) is 4.93. The maximum Gasteiger partial charge on any atom is 0.277 e. The maximum atomic E-state index is 12.1. The van der Waals surface area contributed by atoms with Gasteiger partial charge < -0.3 is 0 Å². The fraction of sp³-hybridized carbons (Fsp3) is 0. The third-order valence-corrected chi connectivity index (χ3v) is 3.27. The van der Waals surface area contributed by atoms with Crippen LogP contribution in [0.25, 0.3) is 11.0 Å². The molecular formula is C14H8N6O6. The van der Waals surface area contributed by atoms with Gasteiger partial charge in [-0.15, -0.1) is 0 Å². The predicted octanol–water partition coefficient (Wildman–Crippen LogP) is 1.80. The monoisotopic (exact) mass is 356 g/mol. The van der Waals surface area contributed by atoms with E-state index in [9.17, 15) is 25.0 Å². The molecule has 0 saturated heterocycles. The molecule has 0 unspecified atom stereocenters. The van der Waals surface area contributed by atoms with Gasteiger partial charge in [0.05, 0.1) is 27.7 Å². The number of non-ortho nitro benzene ring substituents is 2. The summed E-state index contributed by atoms with van der Waals surface area (Å²) in [5.74, 6) is -0.849. The van der Waals surface area contributed by atoms with E-state index in [-0.39, 0.29) is 5.56 Å². The van der Waals surface area contributed by atoms with Crippen molar-refractivity contribution >= 4 is 34.5 Å². The van der Waals surface area contributed by atoms with Crippen molar-refractivity contribution in [2.75, 3.05) is 0 Å². The fourth-order valence-electron chi connectivity index (χ4n) is 2.09. The largest absolute Gasteiger partial charge is 0.277 e. The molecule has 12 nitrogen and oxygen atoms in total. The van der Waals surface area contributed by atoms with Crippen LogP contribution < -0.4 is 5.43 Å². The molecule has 0 radical (unpaired) electrons. The van der Waals surface area contributed by atoms with Crippen LogP contribution in [0, 0.1) is 20.2 Å². The van der Waals surface area contributed by atoms with Gasteiger partial charge in [-0.2, -0.15) is 5.10 Å². The predicted molar refractivity (Wildman–Crippen MR) is 86.6 cm³/mol. The van der Waals surface area contributed by atoms with Crippen molar-refractivity contribution in [3.05, 3.63) is 67.8 Å². The number of carbonyl (C=O) groups is 1. The second kappa shape index (κ2) is 6.72. The van der Waals surface area contributed by atoms with Gasteiger partial charge in [0.1, 0.15) is 11.0 Å². The quantitative estimate of drug-likeness (QED) is 0.410. The van der Waals surface area contributed by atoms with Gasteiger partial charge in [-0.3, -0.25) is 25.0 Å². The summed E-state index contributed by atoms with van der Waals surface area (Å²) in [5, 5.41) is 32.8. The number of benzene rings is 2. The second-order valence-corrected chi connectivity index (χ2v) is 4.93. The highest BCUT2D eigenvalue weighted by Crippen LogP contribution is 2.22. The van der Waals surface area contributed by atoms with Crippen molar-refractivity contribution in [2.24, 2.45) is 5.10 Å². The summed E-state index contributed by atoms with van der Waals surface area (Å²) < 4.78 is 4.60. The first-order chi connectivity index (χ1) is 12.5. The molecular weight excluding hydrogens is 348 g/mol. The van der Waals surface area contributed by atoms with E-state index in [4.69, 9.17) is 0 Å². The zero-order chi connectivity index (χ0) is 18.7. The lowest BCUT2D eigenvalue weighted by Crippen LogP contribution is -2.18. The molecule has 0 bridgehead atoms. The lowest BCUT2D eigenvalue weighted by atomic mass is 10.1. The van der Waals surface area contributed by atoms with E-state index >= 15 is 0 Å². The average Bonchev–Trinajstić information content (AvgIpc) is 3.10. The van der Waals surface area contributed by atoms with E-state index in [0.717, 1.165) is 18.2 Å². The number of hydrogen-bond acceptors (Lipinski definition) is 9. The van der Waals surface area contributed by atoms with Crippen LogP contribution >= 0.6 is 0 Å². The van der Waals surface area contributed by atoms with Crippen LogP contribution in [0.1, 0.15) is 15.9 Å². The van der Waals surface area contributed by atoms with Crippen molar-refractivity contribution in [1.29, 1.82) is 0 Å². The Labute approximate surface area is 143 Å². The molecule has 1 N–H and O–H groups in total. The van der Waals surface area contributed by atoms with Gasteiger partial charge in [0.25, 0.3) is 17.3 Å². The number of amides is 1. The fourth-order valence-corrected chi connectivity index (χ4v) is 2.09. The number of nitrogens with zero attached hydrogens (tertiary/aromatic N) is 5. The zero-order valence-corrected chi connectivity index (χ0v) is 12.7. The third kappa shape index (κ3) is 3.33. The highest BCUT2D eigenvalue weighted by atomic mass is 16.6. The van der Waals surface area contributed by atoms with E-state index in [0.29, 0.717) is 16.6 Å². The Bertz CT molecular complexity index is 1030. The molecule has 0 fully saturated rings. The Hall–Kier alpha value is -4.22. The first kappa shape index (κ1) is 16.6. The van der Waals surface area contributed by atoms with Crippen molar-refractivity contribution in [1.82, 2.24) is 15.7 Å². The van der Waals surface area contributed by atoms with E-state index < -0.39 is 27.1 Å². The minimum absolute atomic E-state index is 0.274. The molecule has 12 heteroatoms. The van der Waals surface area contributed by atoms with E-state index in [1.165, 1.54) is 6.21 Å². The number of hydrogen-bond donors (Lipinski definition) is 1. The summed E-state index contributed by atoms with van der Waals surface area (Å²) in [7, 11) is 0. The number of hydrazone groups is 1. The van der Waals surface area contributed by atoms with Gasteiger partial charge in [0.15, 0.2) is 0 Å². The van der Waals surface area contributed by atoms with E-state index in [2.05, 4.69) is 25.5 Å². The van der Waals surface area contributed by atoms with Gasteiger partial charge in [0.2, 0.25) is 0 Å². The molecule has 3 aromatic rings. The number of carbonyl (C=O) groups excluding carboxylic acids is 1. The zero-order valence-electron chi connectivity index (χ0n) is 12.7. The van der Waals surface area contributed by atoms with Gasteiger partial charge in [0, 0.05) is 17.7 Å². The summed E-state index contributed by atoms with van der Waals surface area (Å²) in [6.45, 7) is 0. The highest BCUT2D eigenvalue weighted by Gasteiger charge is 2.19. The molecule has 0 aliphatic carbocycles. The third-order valence-electron chi connectivity index (χ3n) is 3.27. The maximum absolute atomic E-state index is 12.1. The molecule has 0 aliphatic rings. The number of nitro groups is 2. The van der Waals surface area contributed by atoms with Crippen LogP contribution in [0.15, 0.2) is 46.1 Å². The molecule has 1 aromatic heterocycles. The number of fused-ring (bicyclic) bond motifs is 1. The van der Waals surface area contributed by atoms with Crippen LogP contribution in [-0.4, -0.2) is 32.3 Å². The molecule has 0 saturated carbocycles. The Balaban J connectivity index is 1.83. The first-order valence-corrected chi connectivity index (χ1v) is 6.94. The number of rotatable bonds is 5. The van der Waals surface area contributed by atoms with Crippen molar-refractivity contribution in [2.45, 2.75) is 0 Å². The molecule has 0 atom stereocenters. The van der Waals surface area contributed by atoms with Crippen LogP contribution in [0.4, 0.5) is 11.4 Å². The molecule has 26 heavy (non-hydrogen) atoms. The Morgan fingerprint density at radius 2 is 1.81 bits per heavy atom. The van der Waals surface area contributed by atoms with Crippen LogP contribution in [0.3, 0.4) is 0 Å². The minimum atomic E-state index is -0.849. The lowest BCUT2D eigenvalue weighted by molar-refractivity contribution is -0.394. The summed E-state index contributed by atoms with van der Waals surface area (Å²) >= 11 is 0. The smallest absolute Gasteiger partial charge is 0.267 e. The van der Waals surface area contributed by atoms with Gasteiger partial charge in [-0.05, 0) is 16.4 Å². The average molecular weight is 356 g/mol.